The minimum Gasteiger partial charge on any atom is -0.310 e. The molecule has 15 rings (SSSR count). The minimum atomic E-state index is -0.209. The summed E-state index contributed by atoms with van der Waals surface area (Å²) in [5.74, 6) is 0. The van der Waals surface area contributed by atoms with E-state index in [0.29, 0.717) is 0 Å². The summed E-state index contributed by atoms with van der Waals surface area (Å²) in [6, 6.07) is 107. The molecular weight excluding hydrogens is 1040 g/mol. The summed E-state index contributed by atoms with van der Waals surface area (Å²) in [7, 11) is 0. The van der Waals surface area contributed by atoms with Gasteiger partial charge in [-0.05, 0) is 183 Å². The van der Waals surface area contributed by atoms with Gasteiger partial charge in [-0.25, -0.2) is 0 Å². The van der Waals surface area contributed by atoms with E-state index in [2.05, 4.69) is 353 Å². The van der Waals surface area contributed by atoms with Crippen LogP contribution < -0.4 is 9.80 Å². The van der Waals surface area contributed by atoms with E-state index in [1.54, 1.807) is 0 Å². The van der Waals surface area contributed by atoms with Crippen LogP contribution in [0.1, 0.15) is 72.2 Å². The quantitative estimate of drug-likeness (QED) is 0.113. The Balaban J connectivity index is 0.665. The van der Waals surface area contributed by atoms with Crippen molar-refractivity contribution in [3.63, 3.8) is 0 Å². The molecule has 0 aliphatic heterocycles. The van der Waals surface area contributed by atoms with Crippen molar-refractivity contribution in [3.8, 4) is 44.5 Å². The topological polar surface area (TPSA) is 6.48 Å². The maximum Gasteiger partial charge on any atom is 0.0468 e. The highest BCUT2D eigenvalue weighted by atomic mass is 15.1. The Morgan fingerprint density at radius 3 is 0.942 bits per heavy atom. The van der Waals surface area contributed by atoms with Crippen LogP contribution in [-0.2, 0) is 10.8 Å². The van der Waals surface area contributed by atoms with E-state index in [0.717, 1.165) is 34.1 Å². The smallest absolute Gasteiger partial charge is 0.0468 e. The first-order chi connectivity index (χ1) is 42.1. The Morgan fingerprint density at radius 2 is 0.523 bits per heavy atom. The van der Waals surface area contributed by atoms with Gasteiger partial charge < -0.3 is 9.80 Å². The fraction of sp³-hybridized carbons (Fsp3) is 0.0714. The lowest BCUT2D eigenvalue weighted by molar-refractivity contribution is 0.660. The molecule has 410 valence electrons. The molecule has 13 aromatic rings. The molecule has 2 nitrogen and oxygen atoms in total. The first kappa shape index (κ1) is 52.3. The standard InChI is InChI=1S/C84H64N2/c1-83(2)79-49-59(37-45-75(79)77-47-43-73(55-81(77)83)85(71-41-39-63-21-11-13-23-65(63)53-71)69-27-15-25-67(51-69)61-17-7-5-8-18-61)35-33-57-29-31-58(32-30-57)34-36-60-38-46-76-78-48-44-74(56-82(78)84(3,4)80(76)50-60)86(72-42-40-64-22-12-14-24-66(64)54-72)70-28-16-26-68(52-70)62-19-9-6-10-20-62/h5-56H,1-4H3/b35-33+,36-34+. The van der Waals surface area contributed by atoms with Crippen molar-refractivity contribution in [2.45, 2.75) is 38.5 Å². The van der Waals surface area contributed by atoms with Crippen LogP contribution >= 0.6 is 0 Å². The summed E-state index contributed by atoms with van der Waals surface area (Å²) < 4.78 is 0. The molecule has 0 radical (unpaired) electrons. The number of anilines is 6. The van der Waals surface area contributed by atoms with Crippen LogP contribution in [0.4, 0.5) is 34.1 Å². The molecule has 0 saturated carbocycles. The minimum absolute atomic E-state index is 0.209. The van der Waals surface area contributed by atoms with Crippen molar-refractivity contribution in [1.29, 1.82) is 0 Å². The van der Waals surface area contributed by atoms with Crippen LogP contribution in [0.15, 0.2) is 291 Å². The molecule has 0 amide bonds. The Labute approximate surface area is 505 Å². The van der Waals surface area contributed by atoms with Gasteiger partial charge in [-0.2, -0.15) is 0 Å². The largest absolute Gasteiger partial charge is 0.310 e. The van der Waals surface area contributed by atoms with Crippen LogP contribution in [0.5, 0.6) is 0 Å². The average molecular weight is 1100 g/mol. The van der Waals surface area contributed by atoms with Gasteiger partial charge in [-0.3, -0.25) is 0 Å². The predicted molar refractivity (Wildman–Crippen MR) is 368 cm³/mol. The summed E-state index contributed by atoms with van der Waals surface area (Å²) in [5.41, 5.74) is 26.5. The molecule has 2 aliphatic carbocycles. The molecule has 13 aromatic carbocycles. The highest BCUT2D eigenvalue weighted by Crippen LogP contribution is 2.53. The molecule has 0 bridgehead atoms. The van der Waals surface area contributed by atoms with Crippen molar-refractivity contribution < 1.29 is 0 Å². The summed E-state index contributed by atoms with van der Waals surface area (Å²) >= 11 is 0. The highest BCUT2D eigenvalue weighted by molar-refractivity contribution is 5.94. The van der Waals surface area contributed by atoms with Gasteiger partial charge in [0.2, 0.25) is 0 Å². The lowest BCUT2D eigenvalue weighted by atomic mass is 9.81. The van der Waals surface area contributed by atoms with Crippen molar-refractivity contribution >= 4 is 80.0 Å². The van der Waals surface area contributed by atoms with E-state index in [-0.39, 0.29) is 10.8 Å². The first-order valence-corrected chi connectivity index (χ1v) is 30.0. The van der Waals surface area contributed by atoms with Crippen LogP contribution in [-0.4, -0.2) is 0 Å². The predicted octanol–water partition coefficient (Wildman–Crippen LogP) is 23.2. The third-order valence-corrected chi connectivity index (χ3v) is 18.2. The fourth-order valence-corrected chi connectivity index (χ4v) is 13.5. The Kier molecular flexibility index (Phi) is 12.9. The van der Waals surface area contributed by atoms with E-state index in [4.69, 9.17) is 0 Å². The average Bonchev–Trinajstić information content (AvgIpc) is 1.67. The monoisotopic (exact) mass is 1100 g/mol. The van der Waals surface area contributed by atoms with Crippen molar-refractivity contribution in [2.24, 2.45) is 0 Å². The Hall–Kier alpha value is -10.5. The zero-order chi connectivity index (χ0) is 57.9. The van der Waals surface area contributed by atoms with Gasteiger partial charge in [-0.15, -0.1) is 0 Å². The van der Waals surface area contributed by atoms with Crippen LogP contribution in [0, 0.1) is 0 Å². The lowest BCUT2D eigenvalue weighted by Gasteiger charge is -2.28. The molecule has 0 saturated heterocycles. The van der Waals surface area contributed by atoms with Gasteiger partial charge in [0.25, 0.3) is 0 Å². The lowest BCUT2D eigenvalue weighted by Crippen LogP contribution is -2.16. The highest BCUT2D eigenvalue weighted by Gasteiger charge is 2.38. The molecule has 86 heavy (non-hydrogen) atoms. The molecule has 0 heterocycles. The summed E-state index contributed by atoms with van der Waals surface area (Å²) in [6.45, 7) is 9.52. The molecule has 0 N–H and O–H groups in total. The maximum absolute atomic E-state index is 2.43. The summed E-state index contributed by atoms with van der Waals surface area (Å²) in [5, 5.41) is 4.90. The molecular formula is C84H64N2. The van der Waals surface area contributed by atoms with Gasteiger partial charge in [0.05, 0.1) is 0 Å². The molecule has 0 spiro atoms. The Bertz CT molecular complexity index is 4500. The maximum atomic E-state index is 2.43. The number of rotatable bonds is 12. The summed E-state index contributed by atoms with van der Waals surface area (Å²) in [6.07, 6.45) is 8.99. The summed E-state index contributed by atoms with van der Waals surface area (Å²) in [4.78, 5) is 4.84. The number of benzene rings is 13. The molecule has 0 atom stereocenters. The molecule has 2 heteroatoms. The van der Waals surface area contributed by atoms with Gasteiger partial charge in [0.15, 0.2) is 0 Å². The molecule has 2 aliphatic rings. The zero-order valence-electron chi connectivity index (χ0n) is 48.9. The van der Waals surface area contributed by atoms with Crippen molar-refractivity contribution in [2.75, 3.05) is 9.80 Å². The van der Waals surface area contributed by atoms with Crippen LogP contribution in [0.3, 0.4) is 0 Å². The number of hydrogen-bond acceptors (Lipinski definition) is 2. The van der Waals surface area contributed by atoms with Gasteiger partial charge >= 0.3 is 0 Å². The molecule has 0 unspecified atom stereocenters. The van der Waals surface area contributed by atoms with Crippen molar-refractivity contribution in [1.82, 2.24) is 0 Å². The second kappa shape index (κ2) is 21.3. The van der Waals surface area contributed by atoms with E-state index >= 15 is 0 Å². The number of hydrogen-bond donors (Lipinski definition) is 0. The second-order valence-electron chi connectivity index (χ2n) is 24.2. The Morgan fingerprint density at radius 1 is 0.221 bits per heavy atom. The third-order valence-electron chi connectivity index (χ3n) is 18.2. The number of fused-ring (bicyclic) bond motifs is 8. The van der Waals surface area contributed by atoms with E-state index in [1.807, 2.05) is 0 Å². The van der Waals surface area contributed by atoms with Crippen LogP contribution in [0.25, 0.3) is 90.4 Å². The zero-order valence-corrected chi connectivity index (χ0v) is 48.9. The molecule has 0 fully saturated rings. The van der Waals surface area contributed by atoms with Gasteiger partial charge in [-0.1, -0.05) is 270 Å². The first-order valence-electron chi connectivity index (χ1n) is 30.0. The normalized spacial score (nSPS) is 13.4. The van der Waals surface area contributed by atoms with E-state index < -0.39 is 0 Å². The molecule has 0 aromatic heterocycles. The van der Waals surface area contributed by atoms with Gasteiger partial charge in [0.1, 0.15) is 0 Å². The van der Waals surface area contributed by atoms with E-state index in [1.165, 1.54) is 111 Å². The van der Waals surface area contributed by atoms with Crippen LogP contribution in [0.2, 0.25) is 0 Å². The van der Waals surface area contributed by atoms with E-state index in [9.17, 15) is 0 Å². The van der Waals surface area contributed by atoms with Gasteiger partial charge in [0, 0.05) is 45.0 Å². The SMILES string of the molecule is CC1(C)c2cc(/C=C/c3ccc(/C=C/c4ccc5c(c4)C(C)(C)c4cc(N(c6cccc(-c7ccccc7)c6)c6ccc7ccccc7c6)ccc4-5)cc3)ccc2-c2ccc(N(c3cccc(-c4ccccc4)c3)c3ccc4ccccc4c3)cc21. The number of nitrogens with zero attached hydrogens (tertiary/aromatic N) is 2. The third kappa shape index (κ3) is 9.50. The van der Waals surface area contributed by atoms with Crippen molar-refractivity contribution in [3.05, 3.63) is 336 Å². The second-order valence-corrected chi connectivity index (χ2v) is 24.2. The fourth-order valence-electron chi connectivity index (χ4n) is 13.5.